The topological polar surface area (TPSA) is 59.3 Å². The third-order valence-corrected chi connectivity index (χ3v) is 5.34. The Hall–Kier alpha value is -3.40. The summed E-state index contributed by atoms with van der Waals surface area (Å²) < 4.78 is 53.3. The lowest BCUT2D eigenvalue weighted by Crippen LogP contribution is -2.13. The molecule has 2 heterocycles. The van der Waals surface area contributed by atoms with Gasteiger partial charge in [-0.25, -0.2) is 27.1 Å². The Morgan fingerprint density at radius 1 is 0.935 bits per heavy atom. The van der Waals surface area contributed by atoms with Gasteiger partial charge in [0.2, 0.25) is 0 Å². The lowest BCUT2D eigenvalue weighted by atomic mass is 10.3. The van der Waals surface area contributed by atoms with Crippen molar-refractivity contribution in [2.45, 2.75) is 22.6 Å². The van der Waals surface area contributed by atoms with Gasteiger partial charge in [0.1, 0.15) is 11.4 Å². The number of carbonyl (C=O) groups is 1. The summed E-state index contributed by atoms with van der Waals surface area (Å²) in [5.41, 5.74) is -1.56. The highest BCUT2D eigenvalue weighted by Crippen LogP contribution is 2.33. The fourth-order valence-electron chi connectivity index (χ4n) is 2.86. The van der Waals surface area contributed by atoms with Crippen molar-refractivity contribution < 1.29 is 22.4 Å². The van der Waals surface area contributed by atoms with Crippen molar-refractivity contribution in [3.8, 4) is 0 Å². The van der Waals surface area contributed by atoms with Gasteiger partial charge in [-0.05, 0) is 30.3 Å². The van der Waals surface area contributed by atoms with Crippen LogP contribution in [0.5, 0.6) is 0 Å². The van der Waals surface area contributed by atoms with Gasteiger partial charge in [0.05, 0.1) is 5.69 Å². The van der Waals surface area contributed by atoms with Crippen LogP contribution in [-0.4, -0.2) is 20.5 Å². The molecule has 0 fully saturated rings. The van der Waals surface area contributed by atoms with Gasteiger partial charge in [-0.2, -0.15) is 5.10 Å². The fraction of sp³-hybridized carbons (Fsp3) is 0.0952. The third-order valence-electron chi connectivity index (χ3n) is 4.26. The van der Waals surface area contributed by atoms with Crippen LogP contribution >= 0.6 is 11.8 Å². The lowest BCUT2D eigenvalue weighted by molar-refractivity contribution is 0.102. The summed E-state index contributed by atoms with van der Waals surface area (Å²) in [5, 5.41) is 6.55. The highest BCUT2D eigenvalue weighted by atomic mass is 32.2. The average Bonchev–Trinajstić information content (AvgIpc) is 3.19. The van der Waals surface area contributed by atoms with Crippen molar-refractivity contribution in [2.24, 2.45) is 0 Å². The van der Waals surface area contributed by atoms with E-state index in [9.17, 15) is 22.4 Å². The largest absolute Gasteiger partial charge is 0.320 e. The highest BCUT2D eigenvalue weighted by Gasteiger charge is 2.22. The first kappa shape index (κ1) is 20.9. The standard InChI is InChI=1S/C21H14F4N4OS/c22-19(23)14-10-16(20(24)25)29-18(26-14)11-15(28-29)21(30)27-13-8-4-5-9-17(13)31-12-6-2-1-3-7-12/h1-11,19-20H,(H,27,30). The molecule has 4 rings (SSSR count). The molecule has 0 spiro atoms. The van der Waals surface area contributed by atoms with Crippen LogP contribution in [0.15, 0.2) is 76.5 Å². The predicted molar refractivity (Wildman–Crippen MR) is 108 cm³/mol. The predicted octanol–water partition coefficient (Wildman–Crippen LogP) is 6.01. The summed E-state index contributed by atoms with van der Waals surface area (Å²) in [6.45, 7) is 0. The van der Waals surface area contributed by atoms with Gasteiger partial charge in [0.25, 0.3) is 18.8 Å². The van der Waals surface area contributed by atoms with Crippen LogP contribution in [0, 0.1) is 0 Å². The molecule has 0 bridgehead atoms. The SMILES string of the molecule is O=C(Nc1ccccc1Sc1ccccc1)c1cc2nc(C(F)F)cc(C(F)F)n2n1. The molecule has 0 unspecified atom stereocenters. The number of alkyl halides is 4. The smallest absolute Gasteiger partial charge is 0.280 e. The molecule has 4 aromatic rings. The van der Waals surface area contributed by atoms with Crippen LogP contribution in [0.4, 0.5) is 23.2 Å². The van der Waals surface area contributed by atoms with Crippen LogP contribution in [0.3, 0.4) is 0 Å². The molecule has 1 amide bonds. The fourth-order valence-corrected chi connectivity index (χ4v) is 3.78. The van der Waals surface area contributed by atoms with Crippen molar-refractivity contribution in [1.29, 1.82) is 0 Å². The van der Waals surface area contributed by atoms with Gasteiger partial charge in [0, 0.05) is 15.9 Å². The number of amides is 1. The van der Waals surface area contributed by atoms with E-state index in [0.29, 0.717) is 16.3 Å². The van der Waals surface area contributed by atoms with Gasteiger partial charge < -0.3 is 5.32 Å². The normalized spacial score (nSPS) is 11.4. The maximum absolute atomic E-state index is 13.3. The highest BCUT2D eigenvalue weighted by molar-refractivity contribution is 7.99. The Kier molecular flexibility index (Phi) is 5.90. The number of para-hydroxylation sites is 1. The summed E-state index contributed by atoms with van der Waals surface area (Å²) >= 11 is 1.43. The number of nitrogens with zero attached hydrogens (tertiary/aromatic N) is 3. The van der Waals surface area contributed by atoms with Crippen LogP contribution in [-0.2, 0) is 0 Å². The zero-order valence-corrected chi connectivity index (χ0v) is 16.5. The van der Waals surface area contributed by atoms with Gasteiger partial charge in [-0.1, -0.05) is 42.1 Å². The van der Waals surface area contributed by atoms with Crippen molar-refractivity contribution in [3.63, 3.8) is 0 Å². The van der Waals surface area contributed by atoms with Crippen molar-refractivity contribution in [1.82, 2.24) is 14.6 Å². The van der Waals surface area contributed by atoms with E-state index in [1.807, 2.05) is 42.5 Å². The number of hydrogen-bond donors (Lipinski definition) is 1. The van der Waals surface area contributed by atoms with Crippen LogP contribution in [0.1, 0.15) is 34.7 Å². The number of fused-ring (bicyclic) bond motifs is 1. The van der Waals surface area contributed by atoms with Gasteiger partial charge >= 0.3 is 0 Å². The molecule has 0 radical (unpaired) electrons. The third kappa shape index (κ3) is 4.53. The van der Waals surface area contributed by atoms with Crippen molar-refractivity contribution in [3.05, 3.63) is 83.8 Å². The number of anilines is 1. The summed E-state index contributed by atoms with van der Waals surface area (Å²) in [4.78, 5) is 18.1. The summed E-state index contributed by atoms with van der Waals surface area (Å²) in [5.74, 6) is -0.676. The zero-order valence-electron chi connectivity index (χ0n) is 15.7. The first-order valence-corrected chi connectivity index (χ1v) is 9.84. The molecule has 2 aromatic carbocycles. The molecular formula is C21H14F4N4OS. The van der Waals surface area contributed by atoms with E-state index >= 15 is 0 Å². The van der Waals surface area contributed by atoms with Gasteiger partial charge in [0.15, 0.2) is 11.3 Å². The number of nitrogens with one attached hydrogen (secondary N) is 1. The lowest BCUT2D eigenvalue weighted by Gasteiger charge is -2.09. The van der Waals surface area contributed by atoms with E-state index in [1.54, 1.807) is 12.1 Å². The molecule has 158 valence electrons. The average molecular weight is 446 g/mol. The summed E-state index contributed by atoms with van der Waals surface area (Å²) in [6, 6.07) is 18.3. The van der Waals surface area contributed by atoms with E-state index in [2.05, 4.69) is 15.4 Å². The Balaban J connectivity index is 1.64. The van der Waals surface area contributed by atoms with E-state index in [-0.39, 0.29) is 11.3 Å². The monoisotopic (exact) mass is 446 g/mol. The molecule has 5 nitrogen and oxygen atoms in total. The first-order chi connectivity index (χ1) is 14.9. The van der Waals surface area contributed by atoms with Gasteiger partial charge in [-0.15, -0.1) is 0 Å². The minimum Gasteiger partial charge on any atom is -0.320 e. The molecule has 0 aliphatic heterocycles. The van der Waals surface area contributed by atoms with Crippen LogP contribution < -0.4 is 5.32 Å². The second-order valence-corrected chi connectivity index (χ2v) is 7.49. The molecule has 0 saturated heterocycles. The number of halogens is 4. The minimum absolute atomic E-state index is 0.222. The molecule has 10 heteroatoms. The van der Waals surface area contributed by atoms with Crippen molar-refractivity contribution in [2.75, 3.05) is 5.32 Å². The van der Waals surface area contributed by atoms with E-state index in [4.69, 9.17) is 0 Å². The first-order valence-electron chi connectivity index (χ1n) is 9.02. The van der Waals surface area contributed by atoms with Gasteiger partial charge in [-0.3, -0.25) is 4.79 Å². The number of benzene rings is 2. The van der Waals surface area contributed by atoms with E-state index in [1.165, 1.54) is 11.8 Å². The minimum atomic E-state index is -3.07. The summed E-state index contributed by atoms with van der Waals surface area (Å²) in [6.07, 6.45) is -6.10. The van der Waals surface area contributed by atoms with E-state index in [0.717, 1.165) is 15.9 Å². The number of carbonyl (C=O) groups excluding carboxylic acids is 1. The molecule has 2 aromatic heterocycles. The number of rotatable bonds is 6. The molecule has 0 aliphatic carbocycles. The second kappa shape index (κ2) is 8.76. The number of hydrogen-bond acceptors (Lipinski definition) is 4. The molecule has 31 heavy (non-hydrogen) atoms. The molecular weight excluding hydrogens is 432 g/mol. The molecule has 0 aliphatic rings. The van der Waals surface area contributed by atoms with E-state index < -0.39 is 30.1 Å². The molecule has 0 saturated carbocycles. The van der Waals surface area contributed by atoms with Crippen LogP contribution in [0.25, 0.3) is 5.65 Å². The zero-order chi connectivity index (χ0) is 22.0. The molecule has 1 N–H and O–H groups in total. The maximum Gasteiger partial charge on any atom is 0.280 e. The maximum atomic E-state index is 13.3. The van der Waals surface area contributed by atoms with Crippen molar-refractivity contribution >= 4 is 29.0 Å². The second-order valence-electron chi connectivity index (χ2n) is 6.37. The number of aromatic nitrogens is 3. The van der Waals surface area contributed by atoms with Crippen LogP contribution in [0.2, 0.25) is 0 Å². The Bertz CT molecular complexity index is 1230. The molecule has 0 atom stereocenters. The Labute approximate surface area is 178 Å². The Morgan fingerprint density at radius 2 is 1.65 bits per heavy atom. The summed E-state index contributed by atoms with van der Waals surface area (Å²) in [7, 11) is 0. The quantitative estimate of drug-likeness (QED) is 0.369. The Morgan fingerprint density at radius 3 is 2.35 bits per heavy atom.